The maximum absolute atomic E-state index is 12.1. The molecule has 0 aliphatic heterocycles. The molecule has 0 aliphatic carbocycles. The molecule has 0 aromatic carbocycles. The molecule has 0 saturated heterocycles. The number of nitrogens with one attached hydrogen (secondary N) is 1. The molecule has 1 aromatic rings. The minimum atomic E-state index is -0.374. The van der Waals surface area contributed by atoms with Crippen LogP contribution in [-0.4, -0.2) is 11.2 Å². The number of halogens is 1. The summed E-state index contributed by atoms with van der Waals surface area (Å²) in [5, 5.41) is 6.70. The Morgan fingerprint density at radius 2 is 2.33 bits per heavy atom. The number of hydrogen-bond acceptors (Lipinski definition) is 2. The first-order chi connectivity index (χ1) is 4.33. The van der Waals surface area contributed by atoms with E-state index in [0.29, 0.717) is 5.69 Å². The molecule has 9 heavy (non-hydrogen) atoms. The van der Waals surface area contributed by atoms with Crippen LogP contribution < -0.4 is 0 Å². The van der Waals surface area contributed by atoms with Crippen LogP contribution in [0.1, 0.15) is 5.69 Å². The fraction of sp³-hybridized carbons (Fsp3) is 0. The van der Waals surface area contributed by atoms with Crippen molar-refractivity contribution in [2.24, 2.45) is 0 Å². The van der Waals surface area contributed by atoms with Crippen LogP contribution in [0.3, 0.4) is 0 Å². The summed E-state index contributed by atoms with van der Waals surface area (Å²) < 4.78 is 12.1. The fourth-order valence-corrected chi connectivity index (χ4v) is 0.473. The first-order valence-corrected chi connectivity index (χ1v) is 2.45. The van der Waals surface area contributed by atoms with Gasteiger partial charge in [0.05, 0.1) is 11.9 Å². The zero-order valence-corrected chi connectivity index (χ0v) is 4.63. The Morgan fingerprint density at radius 3 is 2.78 bits per heavy atom. The van der Waals surface area contributed by atoms with Gasteiger partial charge in [-0.1, -0.05) is 0 Å². The SMILES string of the molecule is N=Cc1ccc(F)cn1. The molecule has 3 heteroatoms. The molecule has 0 fully saturated rings. The predicted octanol–water partition coefficient (Wildman–Crippen LogP) is 1.22. The van der Waals surface area contributed by atoms with Crippen LogP contribution in [0.15, 0.2) is 18.3 Å². The molecule has 1 N–H and O–H groups in total. The molecule has 0 bridgehead atoms. The van der Waals surface area contributed by atoms with Crippen molar-refractivity contribution in [3.8, 4) is 0 Å². The van der Waals surface area contributed by atoms with E-state index in [0.717, 1.165) is 12.4 Å². The van der Waals surface area contributed by atoms with E-state index < -0.39 is 0 Å². The third kappa shape index (κ3) is 1.32. The summed E-state index contributed by atoms with van der Waals surface area (Å²) in [6, 6.07) is 2.72. The number of rotatable bonds is 1. The van der Waals surface area contributed by atoms with E-state index >= 15 is 0 Å². The lowest BCUT2D eigenvalue weighted by atomic mass is 10.4. The van der Waals surface area contributed by atoms with Crippen LogP contribution in [0.25, 0.3) is 0 Å². The van der Waals surface area contributed by atoms with Crippen molar-refractivity contribution in [2.45, 2.75) is 0 Å². The second-order valence-electron chi connectivity index (χ2n) is 1.55. The Hall–Kier alpha value is -1.25. The summed E-state index contributed by atoms with van der Waals surface area (Å²) in [5.41, 5.74) is 0.469. The van der Waals surface area contributed by atoms with Crippen molar-refractivity contribution in [3.05, 3.63) is 29.8 Å². The van der Waals surface area contributed by atoms with Crippen molar-refractivity contribution < 1.29 is 4.39 Å². The molecule has 0 amide bonds. The summed E-state index contributed by atoms with van der Waals surface area (Å²) in [6.45, 7) is 0. The lowest BCUT2D eigenvalue weighted by Gasteiger charge is -1.87. The smallest absolute Gasteiger partial charge is 0.141 e. The molecular formula is C6H5FN2. The summed E-state index contributed by atoms with van der Waals surface area (Å²) in [6.07, 6.45) is 2.15. The molecule has 1 aromatic heterocycles. The van der Waals surface area contributed by atoms with Gasteiger partial charge in [0.15, 0.2) is 0 Å². The molecular weight excluding hydrogens is 119 g/mol. The summed E-state index contributed by atoms with van der Waals surface area (Å²) in [5.74, 6) is -0.374. The Bertz CT molecular complexity index is 205. The quantitative estimate of drug-likeness (QED) is 0.561. The van der Waals surface area contributed by atoms with E-state index in [2.05, 4.69) is 4.98 Å². The van der Waals surface area contributed by atoms with Gasteiger partial charge in [-0.3, -0.25) is 4.98 Å². The highest BCUT2D eigenvalue weighted by molar-refractivity contribution is 5.73. The number of hydrogen-bond donors (Lipinski definition) is 1. The van der Waals surface area contributed by atoms with Crippen LogP contribution in [0, 0.1) is 11.2 Å². The van der Waals surface area contributed by atoms with Gasteiger partial charge in [-0.25, -0.2) is 4.39 Å². The third-order valence-corrected chi connectivity index (χ3v) is 0.898. The first-order valence-electron chi connectivity index (χ1n) is 2.45. The van der Waals surface area contributed by atoms with Gasteiger partial charge in [0.1, 0.15) is 5.82 Å². The number of aromatic nitrogens is 1. The van der Waals surface area contributed by atoms with Crippen LogP contribution >= 0.6 is 0 Å². The van der Waals surface area contributed by atoms with Gasteiger partial charge in [-0.05, 0) is 12.1 Å². The lowest BCUT2D eigenvalue weighted by molar-refractivity contribution is 0.621. The first kappa shape index (κ1) is 5.88. The maximum Gasteiger partial charge on any atom is 0.141 e. The predicted molar refractivity (Wildman–Crippen MR) is 32.1 cm³/mol. The van der Waals surface area contributed by atoms with Gasteiger partial charge >= 0.3 is 0 Å². The largest absolute Gasteiger partial charge is 0.307 e. The van der Waals surface area contributed by atoms with Crippen LogP contribution in [0.2, 0.25) is 0 Å². The van der Waals surface area contributed by atoms with E-state index in [9.17, 15) is 4.39 Å². The molecule has 0 atom stereocenters. The topological polar surface area (TPSA) is 36.7 Å². The van der Waals surface area contributed by atoms with Crippen molar-refractivity contribution in [3.63, 3.8) is 0 Å². The van der Waals surface area contributed by atoms with E-state index in [1.807, 2.05) is 0 Å². The average molecular weight is 124 g/mol. The van der Waals surface area contributed by atoms with E-state index in [4.69, 9.17) is 5.41 Å². The van der Waals surface area contributed by atoms with E-state index in [1.165, 1.54) is 12.1 Å². The fourth-order valence-electron chi connectivity index (χ4n) is 0.473. The maximum atomic E-state index is 12.1. The Balaban J connectivity index is 3.01. The van der Waals surface area contributed by atoms with Crippen LogP contribution in [0.4, 0.5) is 4.39 Å². The van der Waals surface area contributed by atoms with Crippen LogP contribution in [0.5, 0.6) is 0 Å². The van der Waals surface area contributed by atoms with Crippen molar-refractivity contribution in [1.29, 1.82) is 5.41 Å². The molecule has 46 valence electrons. The normalized spacial score (nSPS) is 9.00. The Morgan fingerprint density at radius 1 is 1.56 bits per heavy atom. The highest BCUT2D eigenvalue weighted by Gasteiger charge is 1.87. The molecule has 0 unspecified atom stereocenters. The van der Waals surface area contributed by atoms with E-state index in [1.54, 1.807) is 0 Å². The Kier molecular flexibility index (Phi) is 1.53. The number of nitrogens with zero attached hydrogens (tertiary/aromatic N) is 1. The van der Waals surface area contributed by atoms with Gasteiger partial charge in [0.2, 0.25) is 0 Å². The molecule has 1 rings (SSSR count). The van der Waals surface area contributed by atoms with Crippen molar-refractivity contribution in [2.75, 3.05) is 0 Å². The molecule has 0 radical (unpaired) electrons. The van der Waals surface area contributed by atoms with Crippen molar-refractivity contribution in [1.82, 2.24) is 4.98 Å². The summed E-state index contributed by atoms with van der Waals surface area (Å²) >= 11 is 0. The highest BCUT2D eigenvalue weighted by atomic mass is 19.1. The second kappa shape index (κ2) is 2.35. The second-order valence-corrected chi connectivity index (χ2v) is 1.55. The minimum absolute atomic E-state index is 0.374. The highest BCUT2D eigenvalue weighted by Crippen LogP contribution is 1.93. The van der Waals surface area contributed by atoms with Gasteiger partial charge in [-0.2, -0.15) is 0 Å². The summed E-state index contributed by atoms with van der Waals surface area (Å²) in [4.78, 5) is 3.58. The third-order valence-electron chi connectivity index (χ3n) is 0.898. The lowest BCUT2D eigenvalue weighted by Crippen LogP contribution is -1.85. The van der Waals surface area contributed by atoms with E-state index in [-0.39, 0.29) is 5.82 Å². The van der Waals surface area contributed by atoms with Gasteiger partial charge in [0.25, 0.3) is 0 Å². The van der Waals surface area contributed by atoms with Gasteiger partial charge in [-0.15, -0.1) is 0 Å². The zero-order valence-electron chi connectivity index (χ0n) is 4.63. The number of pyridine rings is 1. The molecule has 0 aliphatic rings. The average Bonchev–Trinajstić information content (AvgIpc) is 1.90. The monoisotopic (exact) mass is 124 g/mol. The molecule has 0 spiro atoms. The summed E-state index contributed by atoms with van der Waals surface area (Å²) in [7, 11) is 0. The molecule has 2 nitrogen and oxygen atoms in total. The van der Waals surface area contributed by atoms with Gasteiger partial charge in [0, 0.05) is 6.21 Å². The Labute approximate surface area is 51.9 Å². The minimum Gasteiger partial charge on any atom is -0.307 e. The standard InChI is InChI=1S/C6H5FN2/c7-5-1-2-6(3-8)9-4-5/h1-4,8H. The molecule has 0 saturated carbocycles. The van der Waals surface area contributed by atoms with Crippen molar-refractivity contribution >= 4 is 6.21 Å². The van der Waals surface area contributed by atoms with Crippen LogP contribution in [-0.2, 0) is 0 Å². The molecule has 1 heterocycles. The van der Waals surface area contributed by atoms with Gasteiger partial charge < -0.3 is 5.41 Å². The zero-order chi connectivity index (χ0) is 6.69.